The van der Waals surface area contributed by atoms with Crippen LogP contribution in [0.4, 0.5) is 5.69 Å². The zero-order chi connectivity index (χ0) is 29.5. The van der Waals surface area contributed by atoms with Gasteiger partial charge in [-0.25, -0.2) is 4.98 Å². The number of amides is 2. The summed E-state index contributed by atoms with van der Waals surface area (Å²) in [5.41, 5.74) is 7.08. The first-order valence-electron chi connectivity index (χ1n) is 14.4. The number of carbonyl (C=O) groups excluding carboxylic acids is 2. The van der Waals surface area contributed by atoms with Crippen LogP contribution in [0.3, 0.4) is 0 Å². The van der Waals surface area contributed by atoms with Crippen LogP contribution in [0.15, 0.2) is 90.5 Å². The summed E-state index contributed by atoms with van der Waals surface area (Å²) < 4.78 is 5.77. The number of aryl methyl sites for hydroxylation is 2. The van der Waals surface area contributed by atoms with Crippen LogP contribution in [0.5, 0.6) is 0 Å². The third kappa shape index (κ3) is 6.92. The minimum atomic E-state index is -0.252. The lowest BCUT2D eigenvalue weighted by Crippen LogP contribution is -2.24. The van der Waals surface area contributed by atoms with E-state index in [0.717, 1.165) is 59.9 Å². The molecule has 0 radical (unpaired) electrons. The molecule has 0 bridgehead atoms. The summed E-state index contributed by atoms with van der Waals surface area (Å²) in [6, 6.07) is 18.4. The highest BCUT2D eigenvalue weighted by Crippen LogP contribution is 2.28. The summed E-state index contributed by atoms with van der Waals surface area (Å²) in [6.07, 6.45) is 10.3. The van der Waals surface area contributed by atoms with Gasteiger partial charge in [-0.05, 0) is 112 Å². The number of hydrogen-bond acceptors (Lipinski definition) is 5. The number of allylic oxidation sites excluding steroid dienone is 3. The molecule has 0 spiro atoms. The van der Waals surface area contributed by atoms with E-state index in [0.29, 0.717) is 34.7 Å². The Morgan fingerprint density at radius 3 is 2.57 bits per heavy atom. The number of nitrogens with one attached hydrogen (secondary N) is 2. The van der Waals surface area contributed by atoms with Crippen molar-refractivity contribution in [2.45, 2.75) is 52.9 Å². The van der Waals surface area contributed by atoms with E-state index in [2.05, 4.69) is 34.7 Å². The van der Waals surface area contributed by atoms with E-state index in [1.54, 1.807) is 42.8 Å². The van der Waals surface area contributed by atoms with Gasteiger partial charge in [0.15, 0.2) is 0 Å². The molecular weight excluding hydrogens is 524 g/mol. The zero-order valence-corrected chi connectivity index (χ0v) is 24.4. The lowest BCUT2D eigenvalue weighted by molar-refractivity contribution is 0.0952. The first kappa shape index (κ1) is 28.7. The SMILES string of the molecule is C/C1=C(\CCCNC(=O)c2ccc(NC(=O)c3cc(-c4ccccn4)nc4c(C)cc(C)cc34)cc2)O/C=C/CCC1. The topological polar surface area (TPSA) is 93.2 Å². The third-order valence-corrected chi connectivity index (χ3v) is 7.40. The van der Waals surface area contributed by atoms with Crippen LogP contribution in [0.1, 0.15) is 70.9 Å². The fourth-order valence-electron chi connectivity index (χ4n) is 5.17. The van der Waals surface area contributed by atoms with Crippen molar-refractivity contribution in [3.63, 3.8) is 0 Å². The van der Waals surface area contributed by atoms with Crippen LogP contribution >= 0.6 is 0 Å². The summed E-state index contributed by atoms with van der Waals surface area (Å²) in [5.74, 6) is 0.598. The molecule has 0 atom stereocenters. The van der Waals surface area contributed by atoms with Crippen molar-refractivity contribution in [1.82, 2.24) is 15.3 Å². The fourth-order valence-corrected chi connectivity index (χ4v) is 5.17. The van der Waals surface area contributed by atoms with Crippen molar-refractivity contribution >= 4 is 28.4 Å². The normalized spacial score (nSPS) is 15.8. The van der Waals surface area contributed by atoms with Gasteiger partial charge in [0.05, 0.1) is 28.7 Å². The number of hydrogen-bond donors (Lipinski definition) is 2. The molecule has 42 heavy (non-hydrogen) atoms. The average molecular weight is 561 g/mol. The molecule has 1 aliphatic heterocycles. The Hall–Kier alpha value is -4.78. The molecule has 7 nitrogen and oxygen atoms in total. The van der Waals surface area contributed by atoms with Crippen LogP contribution in [0, 0.1) is 13.8 Å². The second-order valence-corrected chi connectivity index (χ2v) is 10.7. The summed E-state index contributed by atoms with van der Waals surface area (Å²) in [5, 5.41) is 6.76. The fraction of sp³-hybridized carbons (Fsp3) is 0.257. The van der Waals surface area contributed by atoms with Gasteiger partial charge < -0.3 is 15.4 Å². The molecular formula is C35H36N4O3. The highest BCUT2D eigenvalue weighted by atomic mass is 16.5. The minimum Gasteiger partial charge on any atom is -0.470 e. The van der Waals surface area contributed by atoms with Crippen molar-refractivity contribution in [3.05, 3.63) is 113 Å². The molecule has 0 aliphatic carbocycles. The molecule has 0 unspecified atom stereocenters. The smallest absolute Gasteiger partial charge is 0.256 e. The number of carbonyl (C=O) groups is 2. The Kier molecular flexibility index (Phi) is 9.07. The summed E-state index contributed by atoms with van der Waals surface area (Å²) >= 11 is 0. The van der Waals surface area contributed by atoms with Crippen LogP contribution in [0.25, 0.3) is 22.3 Å². The van der Waals surface area contributed by atoms with Crippen molar-refractivity contribution in [2.24, 2.45) is 0 Å². The van der Waals surface area contributed by atoms with Gasteiger partial charge in [0, 0.05) is 35.8 Å². The van der Waals surface area contributed by atoms with Crippen LogP contribution < -0.4 is 10.6 Å². The predicted octanol–water partition coefficient (Wildman–Crippen LogP) is 7.66. The van der Waals surface area contributed by atoms with Gasteiger partial charge in [0.2, 0.25) is 0 Å². The predicted molar refractivity (Wildman–Crippen MR) is 167 cm³/mol. The molecule has 7 heteroatoms. The molecule has 1 aliphatic rings. The molecule has 5 rings (SSSR count). The van der Waals surface area contributed by atoms with Crippen LogP contribution in [0.2, 0.25) is 0 Å². The maximum Gasteiger partial charge on any atom is 0.256 e. The molecule has 4 aromatic rings. The first-order valence-corrected chi connectivity index (χ1v) is 14.4. The number of pyridine rings is 2. The van der Waals surface area contributed by atoms with Crippen molar-refractivity contribution in [1.29, 1.82) is 0 Å². The van der Waals surface area contributed by atoms with Gasteiger partial charge >= 0.3 is 0 Å². The van der Waals surface area contributed by atoms with Gasteiger partial charge in [-0.15, -0.1) is 0 Å². The van der Waals surface area contributed by atoms with E-state index in [-0.39, 0.29) is 11.8 Å². The van der Waals surface area contributed by atoms with Gasteiger partial charge in [-0.3, -0.25) is 14.6 Å². The van der Waals surface area contributed by atoms with E-state index in [1.165, 1.54) is 5.57 Å². The minimum absolute atomic E-state index is 0.150. The Balaban J connectivity index is 1.25. The number of aromatic nitrogens is 2. The monoisotopic (exact) mass is 560 g/mol. The molecule has 0 saturated carbocycles. The molecule has 0 fully saturated rings. The second-order valence-electron chi connectivity index (χ2n) is 10.7. The van der Waals surface area contributed by atoms with Gasteiger partial charge in [0.25, 0.3) is 11.8 Å². The van der Waals surface area contributed by atoms with Crippen LogP contribution in [-0.4, -0.2) is 28.3 Å². The van der Waals surface area contributed by atoms with E-state index in [4.69, 9.17) is 9.72 Å². The molecule has 2 N–H and O–H groups in total. The van der Waals surface area contributed by atoms with Gasteiger partial charge in [-0.2, -0.15) is 0 Å². The lowest BCUT2D eigenvalue weighted by Gasteiger charge is -2.14. The summed E-state index contributed by atoms with van der Waals surface area (Å²) in [4.78, 5) is 35.6. The molecule has 2 amide bonds. The highest BCUT2D eigenvalue weighted by Gasteiger charge is 2.17. The van der Waals surface area contributed by atoms with Gasteiger partial charge in [0.1, 0.15) is 5.76 Å². The lowest BCUT2D eigenvalue weighted by atomic mass is 10.00. The summed E-state index contributed by atoms with van der Waals surface area (Å²) in [7, 11) is 0. The maximum atomic E-state index is 13.6. The third-order valence-electron chi connectivity index (χ3n) is 7.40. The first-order chi connectivity index (χ1) is 20.4. The number of nitrogens with zero attached hydrogens (tertiary/aromatic N) is 2. The Morgan fingerprint density at radius 1 is 0.952 bits per heavy atom. The molecule has 3 heterocycles. The van der Waals surface area contributed by atoms with Gasteiger partial charge in [-0.1, -0.05) is 17.7 Å². The highest BCUT2D eigenvalue weighted by molar-refractivity contribution is 6.13. The standard InChI is InChI=1S/C35H36N4O3/c1-23-20-25(3)33-28(21-23)29(22-31(39-33)30-11-6-7-17-36-30)35(41)38-27-15-13-26(14-16-27)34(40)37-18-9-12-32-24(2)10-5-4-8-19-42-32/h6-8,11,13-17,19-22H,4-5,9-10,12,18H2,1-3H3,(H,37,40)(H,38,41)/b19-8+,32-24-. The van der Waals surface area contributed by atoms with E-state index in [9.17, 15) is 9.59 Å². The summed E-state index contributed by atoms with van der Waals surface area (Å²) in [6.45, 7) is 6.67. The number of anilines is 1. The quantitative estimate of drug-likeness (QED) is 0.216. The second kappa shape index (κ2) is 13.3. The van der Waals surface area contributed by atoms with E-state index in [1.807, 2.05) is 38.1 Å². The average Bonchev–Trinajstić information content (AvgIpc) is 2.98. The number of rotatable bonds is 8. The maximum absolute atomic E-state index is 13.6. The number of fused-ring (bicyclic) bond motifs is 1. The van der Waals surface area contributed by atoms with E-state index < -0.39 is 0 Å². The molecule has 2 aromatic heterocycles. The molecule has 0 saturated heterocycles. The largest absolute Gasteiger partial charge is 0.470 e. The van der Waals surface area contributed by atoms with Crippen LogP contribution in [-0.2, 0) is 4.74 Å². The molecule has 214 valence electrons. The number of benzene rings is 2. The zero-order valence-electron chi connectivity index (χ0n) is 24.4. The van der Waals surface area contributed by atoms with E-state index >= 15 is 0 Å². The van der Waals surface area contributed by atoms with Crippen molar-refractivity contribution in [2.75, 3.05) is 11.9 Å². The Bertz CT molecular complexity index is 1660. The van der Waals surface area contributed by atoms with Crippen molar-refractivity contribution in [3.8, 4) is 11.4 Å². The Labute approximate surface area is 246 Å². The number of ether oxygens (including phenoxy) is 1. The Morgan fingerprint density at radius 2 is 1.79 bits per heavy atom. The molecule has 2 aromatic carbocycles. The van der Waals surface area contributed by atoms with Crippen molar-refractivity contribution < 1.29 is 14.3 Å².